The van der Waals surface area contributed by atoms with Crippen LogP contribution in [0.1, 0.15) is 39.3 Å². The summed E-state index contributed by atoms with van der Waals surface area (Å²) in [5.41, 5.74) is -0.160. The van der Waals surface area contributed by atoms with E-state index in [-0.39, 0.29) is 17.5 Å². The fourth-order valence-corrected chi connectivity index (χ4v) is 2.10. The van der Waals surface area contributed by atoms with E-state index in [4.69, 9.17) is 0 Å². The molecular weight excluding hydrogens is 335 g/mol. The number of nitrogens with zero attached hydrogens (tertiary/aromatic N) is 1. The SMILES string of the molecule is O=C(Nc1ccc(C(=O)NC2CC2)cc1)c1ccc(C(F)(F)F)nc1. The van der Waals surface area contributed by atoms with E-state index in [1.54, 1.807) is 24.3 Å². The van der Waals surface area contributed by atoms with Crippen LogP contribution in [0, 0.1) is 0 Å². The van der Waals surface area contributed by atoms with Crippen molar-refractivity contribution in [3.8, 4) is 0 Å². The third-order valence-corrected chi connectivity index (χ3v) is 3.63. The molecule has 1 aromatic carbocycles. The predicted octanol–water partition coefficient (Wildman–Crippen LogP) is 3.24. The van der Waals surface area contributed by atoms with Crippen molar-refractivity contribution < 1.29 is 22.8 Å². The number of anilines is 1. The van der Waals surface area contributed by atoms with Crippen molar-refractivity contribution in [3.63, 3.8) is 0 Å². The first-order chi connectivity index (χ1) is 11.8. The van der Waals surface area contributed by atoms with Gasteiger partial charge in [-0.1, -0.05) is 0 Å². The average molecular weight is 349 g/mol. The highest BCUT2D eigenvalue weighted by molar-refractivity contribution is 6.04. The van der Waals surface area contributed by atoms with Crippen LogP contribution in [0.5, 0.6) is 0 Å². The number of alkyl halides is 3. The van der Waals surface area contributed by atoms with Gasteiger partial charge in [0.1, 0.15) is 5.69 Å². The number of aromatic nitrogens is 1. The van der Waals surface area contributed by atoms with E-state index >= 15 is 0 Å². The molecule has 3 rings (SSSR count). The minimum atomic E-state index is -4.55. The molecule has 0 unspecified atom stereocenters. The molecule has 1 aliphatic rings. The lowest BCUT2D eigenvalue weighted by molar-refractivity contribution is -0.141. The van der Waals surface area contributed by atoms with Crippen LogP contribution in [0.2, 0.25) is 0 Å². The second-order valence-corrected chi connectivity index (χ2v) is 5.71. The average Bonchev–Trinajstić information content (AvgIpc) is 3.38. The fraction of sp³-hybridized carbons (Fsp3) is 0.235. The quantitative estimate of drug-likeness (QED) is 0.890. The summed E-state index contributed by atoms with van der Waals surface area (Å²) in [5, 5.41) is 5.39. The van der Waals surface area contributed by atoms with Crippen molar-refractivity contribution in [1.82, 2.24) is 10.3 Å². The van der Waals surface area contributed by atoms with Crippen LogP contribution in [0.4, 0.5) is 18.9 Å². The third-order valence-electron chi connectivity index (χ3n) is 3.63. The van der Waals surface area contributed by atoms with Gasteiger partial charge in [-0.15, -0.1) is 0 Å². The first-order valence-corrected chi connectivity index (χ1v) is 7.58. The van der Waals surface area contributed by atoms with Gasteiger partial charge in [-0.2, -0.15) is 13.2 Å². The molecule has 0 atom stereocenters. The fourth-order valence-electron chi connectivity index (χ4n) is 2.10. The van der Waals surface area contributed by atoms with E-state index in [9.17, 15) is 22.8 Å². The lowest BCUT2D eigenvalue weighted by Crippen LogP contribution is -2.25. The number of hydrogen-bond donors (Lipinski definition) is 2. The summed E-state index contributed by atoms with van der Waals surface area (Å²) in [6.07, 6.45) is -1.70. The lowest BCUT2D eigenvalue weighted by Gasteiger charge is -2.08. The van der Waals surface area contributed by atoms with Crippen LogP contribution in [0.25, 0.3) is 0 Å². The molecule has 1 heterocycles. The topological polar surface area (TPSA) is 71.1 Å². The molecule has 0 aliphatic heterocycles. The Labute approximate surface area is 141 Å². The molecule has 5 nitrogen and oxygen atoms in total. The summed E-state index contributed by atoms with van der Waals surface area (Å²) in [5.74, 6) is -0.760. The van der Waals surface area contributed by atoms with E-state index in [2.05, 4.69) is 15.6 Å². The first-order valence-electron chi connectivity index (χ1n) is 7.58. The number of hydrogen-bond acceptors (Lipinski definition) is 3. The number of nitrogens with one attached hydrogen (secondary N) is 2. The molecule has 2 amide bonds. The number of pyridine rings is 1. The predicted molar refractivity (Wildman–Crippen MR) is 84.1 cm³/mol. The zero-order valence-electron chi connectivity index (χ0n) is 12.9. The highest BCUT2D eigenvalue weighted by Gasteiger charge is 2.32. The van der Waals surface area contributed by atoms with E-state index in [0.717, 1.165) is 31.2 Å². The molecule has 1 fully saturated rings. The summed E-state index contributed by atoms with van der Waals surface area (Å²) in [4.78, 5) is 27.1. The molecule has 2 aromatic rings. The van der Waals surface area contributed by atoms with Gasteiger partial charge in [0.05, 0.1) is 5.56 Å². The van der Waals surface area contributed by atoms with Gasteiger partial charge in [-0.3, -0.25) is 14.6 Å². The van der Waals surface area contributed by atoms with Gasteiger partial charge >= 0.3 is 6.18 Å². The van der Waals surface area contributed by atoms with E-state index in [0.29, 0.717) is 11.3 Å². The maximum Gasteiger partial charge on any atom is 0.433 e. The van der Waals surface area contributed by atoms with Crippen LogP contribution in [-0.2, 0) is 6.18 Å². The highest BCUT2D eigenvalue weighted by Crippen LogP contribution is 2.27. The van der Waals surface area contributed by atoms with Crippen LogP contribution in [-0.4, -0.2) is 22.8 Å². The molecule has 1 aromatic heterocycles. The molecular formula is C17H14F3N3O2. The minimum absolute atomic E-state index is 0.00329. The van der Waals surface area contributed by atoms with Crippen molar-refractivity contribution in [2.24, 2.45) is 0 Å². The lowest BCUT2D eigenvalue weighted by atomic mass is 10.2. The standard InChI is InChI=1S/C17H14F3N3O2/c18-17(19,20)14-8-3-11(9-21-14)16(25)23-12-4-1-10(2-5-12)15(24)22-13-6-7-13/h1-5,8-9,13H,6-7H2,(H,22,24)(H,23,25). The Morgan fingerprint density at radius 2 is 1.60 bits per heavy atom. The molecule has 0 spiro atoms. The Kier molecular flexibility index (Phi) is 4.43. The van der Waals surface area contributed by atoms with Gasteiger partial charge in [-0.25, -0.2) is 0 Å². The van der Waals surface area contributed by atoms with Gasteiger partial charge in [-0.05, 0) is 49.2 Å². The monoisotopic (exact) mass is 349 g/mol. The zero-order valence-corrected chi connectivity index (χ0v) is 12.9. The molecule has 130 valence electrons. The van der Waals surface area contributed by atoms with Gasteiger partial charge in [0.15, 0.2) is 0 Å². The van der Waals surface area contributed by atoms with Gasteiger partial charge < -0.3 is 10.6 Å². The van der Waals surface area contributed by atoms with E-state index < -0.39 is 17.8 Å². The van der Waals surface area contributed by atoms with Crippen molar-refractivity contribution in [2.75, 3.05) is 5.32 Å². The Morgan fingerprint density at radius 1 is 0.960 bits per heavy atom. The normalized spacial score (nSPS) is 14.0. The largest absolute Gasteiger partial charge is 0.433 e. The van der Waals surface area contributed by atoms with Crippen LogP contribution in [0.3, 0.4) is 0 Å². The molecule has 8 heteroatoms. The number of amides is 2. The first kappa shape index (κ1) is 16.9. The highest BCUT2D eigenvalue weighted by atomic mass is 19.4. The van der Waals surface area contributed by atoms with Crippen molar-refractivity contribution >= 4 is 17.5 Å². The smallest absolute Gasteiger partial charge is 0.349 e. The van der Waals surface area contributed by atoms with Crippen LogP contribution in [0.15, 0.2) is 42.6 Å². The molecule has 2 N–H and O–H groups in total. The van der Waals surface area contributed by atoms with Gasteiger partial charge in [0.2, 0.25) is 0 Å². The van der Waals surface area contributed by atoms with E-state index in [1.807, 2.05) is 0 Å². The van der Waals surface area contributed by atoms with Crippen LogP contribution < -0.4 is 10.6 Å². The van der Waals surface area contributed by atoms with E-state index in [1.165, 1.54) is 0 Å². The Bertz CT molecular complexity index is 782. The Balaban J connectivity index is 1.63. The summed E-state index contributed by atoms with van der Waals surface area (Å²) < 4.78 is 37.4. The summed E-state index contributed by atoms with van der Waals surface area (Å²) in [7, 11) is 0. The number of rotatable bonds is 4. The second kappa shape index (κ2) is 6.54. The molecule has 0 saturated heterocycles. The Hall–Kier alpha value is -2.90. The molecule has 25 heavy (non-hydrogen) atoms. The number of benzene rings is 1. The second-order valence-electron chi connectivity index (χ2n) is 5.71. The summed E-state index contributed by atoms with van der Waals surface area (Å²) in [6, 6.07) is 8.30. The maximum atomic E-state index is 12.5. The number of carbonyl (C=O) groups is 2. The number of carbonyl (C=O) groups excluding carboxylic acids is 2. The third kappa shape index (κ3) is 4.34. The molecule has 0 radical (unpaired) electrons. The number of halogens is 3. The molecule has 1 saturated carbocycles. The van der Waals surface area contributed by atoms with Crippen molar-refractivity contribution in [3.05, 3.63) is 59.4 Å². The van der Waals surface area contributed by atoms with Gasteiger partial charge in [0.25, 0.3) is 11.8 Å². The molecule has 1 aliphatic carbocycles. The van der Waals surface area contributed by atoms with Crippen molar-refractivity contribution in [1.29, 1.82) is 0 Å². The van der Waals surface area contributed by atoms with Crippen LogP contribution >= 0.6 is 0 Å². The zero-order chi connectivity index (χ0) is 18.0. The Morgan fingerprint density at radius 3 is 2.12 bits per heavy atom. The maximum absolute atomic E-state index is 12.5. The van der Waals surface area contributed by atoms with Gasteiger partial charge in [0, 0.05) is 23.5 Å². The minimum Gasteiger partial charge on any atom is -0.349 e. The summed E-state index contributed by atoms with van der Waals surface area (Å²) >= 11 is 0. The van der Waals surface area contributed by atoms with Crippen molar-refractivity contribution in [2.45, 2.75) is 25.1 Å². The summed E-state index contributed by atoms with van der Waals surface area (Å²) in [6.45, 7) is 0. The molecule has 0 bridgehead atoms.